The molecule has 1 fully saturated rings. The van der Waals surface area contributed by atoms with Crippen molar-refractivity contribution in [3.63, 3.8) is 0 Å². The van der Waals surface area contributed by atoms with E-state index in [0.29, 0.717) is 0 Å². The van der Waals surface area contributed by atoms with Gasteiger partial charge in [-0.2, -0.15) is 5.10 Å². The molecule has 0 spiro atoms. The third-order valence-corrected chi connectivity index (χ3v) is 6.88. The number of morpholine rings is 1. The maximum atomic E-state index is 5.76. The smallest absolute Gasteiger partial charge is 0.191 e. The number of thiophene rings is 1. The lowest BCUT2D eigenvalue weighted by Crippen LogP contribution is -2.45. The number of nitrogens with one attached hydrogen (secondary N) is 2. The highest BCUT2D eigenvalue weighted by molar-refractivity contribution is 14.0. The molecule has 2 aromatic rings. The van der Waals surface area contributed by atoms with E-state index in [2.05, 4.69) is 72.8 Å². The summed E-state index contributed by atoms with van der Waals surface area (Å²) in [6, 6.07) is 4.88. The molecule has 3 unspecified atom stereocenters. The van der Waals surface area contributed by atoms with E-state index >= 15 is 0 Å². The molecule has 1 aliphatic rings. The Morgan fingerprint density at radius 3 is 2.78 bits per heavy atom. The molecule has 0 amide bonds. The fourth-order valence-electron chi connectivity index (χ4n) is 4.20. The summed E-state index contributed by atoms with van der Waals surface area (Å²) in [6.45, 7) is 14.9. The Kier molecular flexibility index (Phi) is 10.9. The predicted octanol–water partition coefficient (Wildman–Crippen LogP) is 3.66. The summed E-state index contributed by atoms with van der Waals surface area (Å²) in [5.41, 5.74) is 3.65. The minimum atomic E-state index is 0. The van der Waals surface area contributed by atoms with Gasteiger partial charge in [-0.1, -0.05) is 6.07 Å². The van der Waals surface area contributed by atoms with Crippen LogP contribution in [0.1, 0.15) is 48.6 Å². The van der Waals surface area contributed by atoms with E-state index in [9.17, 15) is 0 Å². The summed E-state index contributed by atoms with van der Waals surface area (Å²) in [5.74, 6) is 0.872. The Bertz CT molecular complexity index is 853. The van der Waals surface area contributed by atoms with Crippen molar-refractivity contribution in [3.05, 3.63) is 39.3 Å². The van der Waals surface area contributed by atoms with Gasteiger partial charge >= 0.3 is 0 Å². The molecule has 3 rings (SSSR count). The van der Waals surface area contributed by atoms with Crippen LogP contribution in [0.5, 0.6) is 0 Å². The Morgan fingerprint density at radius 1 is 1.41 bits per heavy atom. The van der Waals surface area contributed by atoms with Crippen LogP contribution < -0.4 is 10.6 Å². The molecule has 0 saturated carbocycles. The lowest BCUT2D eigenvalue weighted by molar-refractivity contribution is -0.0327. The van der Waals surface area contributed by atoms with Gasteiger partial charge in [-0.05, 0) is 58.0 Å². The molecule has 7 nitrogen and oxygen atoms in total. The van der Waals surface area contributed by atoms with Gasteiger partial charge in [-0.3, -0.25) is 14.6 Å². The molecule has 0 aliphatic carbocycles. The Balaban J connectivity index is 0.00000363. The van der Waals surface area contributed by atoms with Crippen LogP contribution in [-0.4, -0.2) is 65.6 Å². The number of hydrogen-bond acceptors (Lipinski definition) is 5. The van der Waals surface area contributed by atoms with E-state index in [1.165, 1.54) is 16.1 Å². The van der Waals surface area contributed by atoms with Crippen molar-refractivity contribution in [2.45, 2.75) is 59.2 Å². The van der Waals surface area contributed by atoms with Crippen molar-refractivity contribution in [1.29, 1.82) is 0 Å². The van der Waals surface area contributed by atoms with Gasteiger partial charge in [0.15, 0.2) is 5.96 Å². The minimum absolute atomic E-state index is 0. The SMILES string of the molecule is CCNC(=NCC(c1cccs1)N1CCOC(C)C1)NC(C)Cc1c(C)nn(C)c1C.I. The minimum Gasteiger partial charge on any atom is -0.376 e. The van der Waals surface area contributed by atoms with Crippen LogP contribution in [0.4, 0.5) is 0 Å². The molecular weight excluding hydrogens is 535 g/mol. The van der Waals surface area contributed by atoms with Gasteiger partial charge in [0.2, 0.25) is 0 Å². The number of aliphatic imine (C=N–C) groups is 1. The normalized spacial score (nSPS) is 19.3. The van der Waals surface area contributed by atoms with E-state index in [1.54, 1.807) is 0 Å². The first-order valence-electron chi connectivity index (χ1n) is 11.3. The number of guanidine groups is 1. The maximum Gasteiger partial charge on any atom is 0.191 e. The van der Waals surface area contributed by atoms with Crippen molar-refractivity contribution >= 4 is 41.3 Å². The largest absolute Gasteiger partial charge is 0.376 e. The molecule has 0 aromatic carbocycles. The second-order valence-corrected chi connectivity index (χ2v) is 9.43. The fourth-order valence-corrected chi connectivity index (χ4v) is 5.05. The van der Waals surface area contributed by atoms with Gasteiger partial charge in [0.05, 0.1) is 31.0 Å². The summed E-state index contributed by atoms with van der Waals surface area (Å²) in [6.07, 6.45) is 1.18. The van der Waals surface area contributed by atoms with Crippen molar-refractivity contribution < 1.29 is 4.74 Å². The van der Waals surface area contributed by atoms with Crippen molar-refractivity contribution in [2.75, 3.05) is 32.8 Å². The summed E-state index contributed by atoms with van der Waals surface area (Å²) in [5, 5.41) is 13.7. The molecule has 1 saturated heterocycles. The third kappa shape index (κ3) is 7.16. The fraction of sp³-hybridized carbons (Fsp3) is 0.652. The van der Waals surface area contributed by atoms with E-state index in [-0.39, 0.29) is 42.2 Å². The van der Waals surface area contributed by atoms with Gasteiger partial charge in [0.25, 0.3) is 0 Å². The number of nitrogens with zero attached hydrogens (tertiary/aromatic N) is 4. The molecule has 0 bridgehead atoms. The average Bonchev–Trinajstić information content (AvgIpc) is 3.33. The lowest BCUT2D eigenvalue weighted by atomic mass is 10.1. The predicted molar refractivity (Wildman–Crippen MR) is 144 cm³/mol. The highest BCUT2D eigenvalue weighted by atomic mass is 127. The molecule has 9 heteroatoms. The Labute approximate surface area is 214 Å². The van der Waals surface area contributed by atoms with Crippen LogP contribution in [0.2, 0.25) is 0 Å². The number of rotatable bonds is 8. The van der Waals surface area contributed by atoms with Gasteiger partial charge in [0, 0.05) is 43.3 Å². The topological polar surface area (TPSA) is 66.7 Å². The molecule has 32 heavy (non-hydrogen) atoms. The summed E-state index contributed by atoms with van der Waals surface area (Å²) in [4.78, 5) is 8.88. The van der Waals surface area contributed by atoms with E-state index < -0.39 is 0 Å². The number of aromatic nitrogens is 2. The first-order chi connectivity index (χ1) is 14.9. The first kappa shape index (κ1) is 27.1. The number of aryl methyl sites for hydroxylation is 2. The number of halogens is 1. The van der Waals surface area contributed by atoms with Crippen LogP contribution in [0.25, 0.3) is 0 Å². The molecular formula is C23H39IN6OS. The second kappa shape index (κ2) is 12.9. The number of ether oxygens (including phenoxy) is 1. The van der Waals surface area contributed by atoms with Gasteiger partial charge < -0.3 is 15.4 Å². The molecule has 3 heterocycles. The summed E-state index contributed by atoms with van der Waals surface area (Å²) < 4.78 is 7.73. The second-order valence-electron chi connectivity index (χ2n) is 8.45. The summed E-state index contributed by atoms with van der Waals surface area (Å²) >= 11 is 1.81. The highest BCUT2D eigenvalue weighted by Crippen LogP contribution is 2.27. The molecule has 180 valence electrons. The first-order valence-corrected chi connectivity index (χ1v) is 12.2. The zero-order chi connectivity index (χ0) is 22.4. The van der Waals surface area contributed by atoms with E-state index in [4.69, 9.17) is 9.73 Å². The van der Waals surface area contributed by atoms with E-state index in [0.717, 1.165) is 50.9 Å². The maximum absolute atomic E-state index is 5.76. The highest BCUT2D eigenvalue weighted by Gasteiger charge is 2.26. The number of hydrogen-bond donors (Lipinski definition) is 2. The Morgan fingerprint density at radius 2 is 2.19 bits per heavy atom. The Hall–Kier alpha value is -1.17. The lowest BCUT2D eigenvalue weighted by Gasteiger charge is -2.36. The molecule has 0 radical (unpaired) electrons. The van der Waals surface area contributed by atoms with Crippen LogP contribution in [-0.2, 0) is 18.2 Å². The molecule has 3 atom stereocenters. The van der Waals surface area contributed by atoms with Crippen LogP contribution in [0.3, 0.4) is 0 Å². The summed E-state index contributed by atoms with van der Waals surface area (Å²) in [7, 11) is 2.01. The van der Waals surface area contributed by atoms with Crippen molar-refractivity contribution in [3.8, 4) is 0 Å². The monoisotopic (exact) mass is 574 g/mol. The van der Waals surface area contributed by atoms with Crippen LogP contribution in [0, 0.1) is 13.8 Å². The molecule has 1 aliphatic heterocycles. The van der Waals surface area contributed by atoms with Gasteiger partial charge in [0.1, 0.15) is 0 Å². The standard InChI is InChI=1S/C23H38N6OS.HI/c1-7-24-23(26-16(2)13-20-18(4)27-28(6)19(20)5)25-14-21(22-9-8-12-31-22)29-10-11-30-17(3)15-29;/h8-9,12,16-17,21H,7,10-11,13-15H2,1-6H3,(H2,24,25,26);1H. The van der Waals surface area contributed by atoms with Crippen molar-refractivity contribution in [1.82, 2.24) is 25.3 Å². The zero-order valence-electron chi connectivity index (χ0n) is 20.2. The van der Waals surface area contributed by atoms with Crippen LogP contribution >= 0.6 is 35.3 Å². The van der Waals surface area contributed by atoms with Gasteiger partial charge in [-0.25, -0.2) is 0 Å². The van der Waals surface area contributed by atoms with E-state index in [1.807, 2.05) is 23.1 Å². The quantitative estimate of drug-likeness (QED) is 0.286. The van der Waals surface area contributed by atoms with Gasteiger partial charge in [-0.15, -0.1) is 35.3 Å². The zero-order valence-corrected chi connectivity index (χ0v) is 23.4. The molecule has 2 aromatic heterocycles. The molecule has 2 N–H and O–H groups in total. The average molecular weight is 575 g/mol. The van der Waals surface area contributed by atoms with Crippen LogP contribution in [0.15, 0.2) is 22.5 Å². The third-order valence-electron chi connectivity index (χ3n) is 5.90. The van der Waals surface area contributed by atoms with Crippen molar-refractivity contribution in [2.24, 2.45) is 12.0 Å².